The molecule has 4 nitrogen and oxygen atoms in total. The van der Waals surface area contributed by atoms with Crippen LogP contribution in [0.4, 0.5) is 0 Å². The molecule has 0 saturated carbocycles. The minimum atomic E-state index is -1.33. The van der Waals surface area contributed by atoms with Crippen LogP contribution in [0.3, 0.4) is 0 Å². The monoisotopic (exact) mass is 202 g/mol. The van der Waals surface area contributed by atoms with E-state index in [1.54, 1.807) is 0 Å². The summed E-state index contributed by atoms with van der Waals surface area (Å²) in [6, 6.07) is 3.60. The first-order valence-corrected chi connectivity index (χ1v) is 3.55. The number of carbonyl (C=O) groups excluding carboxylic acids is 2. The zero-order chi connectivity index (χ0) is 10.0. The molecule has 1 aromatic carbocycles. The van der Waals surface area contributed by atoms with Gasteiger partial charge in [0.25, 0.3) is 0 Å². The largest absolute Gasteiger partial charge is 2.00 e. The van der Waals surface area contributed by atoms with Gasteiger partial charge in [0.1, 0.15) is 0 Å². The van der Waals surface area contributed by atoms with E-state index in [-0.39, 0.29) is 34.2 Å². The number of aromatic carboxylic acids is 2. The molecule has 0 bridgehead atoms. The van der Waals surface area contributed by atoms with E-state index in [2.05, 4.69) is 0 Å². The predicted molar refractivity (Wildman–Crippen MR) is 45.6 cm³/mol. The fraction of sp³-hybridized carbons (Fsp3) is 0.111. The molecule has 0 saturated heterocycles. The second kappa shape index (κ2) is 4.97. The number of carbonyl (C=O) groups is 2. The molecule has 0 radical (unpaired) electrons. The molecule has 0 heterocycles. The number of hydrogen-bond donors (Lipinski definition) is 0. The molecule has 1 aromatic rings. The Balaban J connectivity index is 0.00000169. The average molecular weight is 202 g/mol. The van der Waals surface area contributed by atoms with Gasteiger partial charge in [-0.2, -0.15) is 0 Å². The molecule has 0 atom stereocenters. The molecule has 0 fully saturated rings. The van der Waals surface area contributed by atoms with Crippen LogP contribution >= 0.6 is 0 Å². The van der Waals surface area contributed by atoms with Crippen molar-refractivity contribution < 1.29 is 19.8 Å². The number of benzene rings is 1. The van der Waals surface area contributed by atoms with Gasteiger partial charge in [0.2, 0.25) is 0 Å². The second-order valence-electron chi connectivity index (χ2n) is 2.60. The zero-order valence-electron chi connectivity index (χ0n) is 7.57. The molecule has 0 N–H and O–H groups in total. The van der Waals surface area contributed by atoms with E-state index in [4.69, 9.17) is 0 Å². The number of aryl methyl sites for hydroxylation is 1. The average Bonchev–Trinajstić information content (AvgIpc) is 2.03. The fourth-order valence-corrected chi connectivity index (χ4v) is 1.02. The Kier molecular flexibility index (Phi) is 4.59. The first kappa shape index (κ1) is 12.9. The van der Waals surface area contributed by atoms with E-state index in [0.717, 1.165) is 0 Å². The van der Waals surface area contributed by atoms with Crippen LogP contribution in [-0.4, -0.2) is 35.0 Å². The smallest absolute Gasteiger partial charge is 0.545 e. The summed E-state index contributed by atoms with van der Waals surface area (Å²) in [5.41, 5.74) is 0.300. The van der Waals surface area contributed by atoms with Gasteiger partial charge in [-0.25, -0.2) is 0 Å². The first-order valence-electron chi connectivity index (χ1n) is 3.55. The summed E-state index contributed by atoms with van der Waals surface area (Å²) >= 11 is 0. The molecule has 0 aliphatic carbocycles. The maximum absolute atomic E-state index is 10.4. The van der Waals surface area contributed by atoms with E-state index in [1.807, 2.05) is 0 Å². The quantitative estimate of drug-likeness (QED) is 0.538. The van der Waals surface area contributed by atoms with Crippen molar-refractivity contribution in [3.05, 3.63) is 34.9 Å². The van der Waals surface area contributed by atoms with E-state index >= 15 is 0 Å². The van der Waals surface area contributed by atoms with Crippen LogP contribution in [0.5, 0.6) is 0 Å². The van der Waals surface area contributed by atoms with Gasteiger partial charge in [-0.05, 0) is 24.1 Å². The minimum absolute atomic E-state index is 0. The standard InChI is InChI=1S/C9H8O4.Mg/c1-5-4-6(8(10)11)2-3-7(5)9(12)13;/h2-4H,1H3,(H,10,11)(H,12,13);/q;+2/p-2. The summed E-state index contributed by atoms with van der Waals surface area (Å²) in [6.07, 6.45) is 0. The van der Waals surface area contributed by atoms with Crippen molar-refractivity contribution in [3.63, 3.8) is 0 Å². The van der Waals surface area contributed by atoms with E-state index < -0.39 is 11.9 Å². The SMILES string of the molecule is Cc1cc(C(=O)[O-])ccc1C(=O)[O-].[Mg+2]. The summed E-state index contributed by atoms with van der Waals surface area (Å²) in [7, 11) is 0. The van der Waals surface area contributed by atoms with Crippen molar-refractivity contribution in [3.8, 4) is 0 Å². The molecule has 0 unspecified atom stereocenters. The van der Waals surface area contributed by atoms with Crippen LogP contribution in [0.15, 0.2) is 18.2 Å². The Morgan fingerprint density at radius 3 is 2.07 bits per heavy atom. The minimum Gasteiger partial charge on any atom is -0.545 e. The van der Waals surface area contributed by atoms with Crippen molar-refractivity contribution in [2.75, 3.05) is 0 Å². The predicted octanol–water partition coefficient (Wildman–Crippen LogP) is -1.66. The van der Waals surface area contributed by atoms with Gasteiger partial charge in [0, 0.05) is 5.56 Å². The second-order valence-corrected chi connectivity index (χ2v) is 2.60. The van der Waals surface area contributed by atoms with Gasteiger partial charge < -0.3 is 19.8 Å². The van der Waals surface area contributed by atoms with Gasteiger partial charge in [-0.3, -0.25) is 0 Å². The third-order valence-electron chi connectivity index (χ3n) is 1.68. The molecule has 0 aliphatic rings. The van der Waals surface area contributed by atoms with Crippen molar-refractivity contribution >= 4 is 35.0 Å². The summed E-state index contributed by atoms with van der Waals surface area (Å²) in [6.45, 7) is 1.50. The molecule has 1 rings (SSSR count). The van der Waals surface area contributed by atoms with Crippen LogP contribution in [0, 0.1) is 6.92 Å². The summed E-state index contributed by atoms with van der Waals surface area (Å²) < 4.78 is 0. The van der Waals surface area contributed by atoms with Crippen LogP contribution in [0.2, 0.25) is 0 Å². The Labute approximate surface area is 96.7 Å². The number of hydrogen-bond acceptors (Lipinski definition) is 4. The Bertz CT molecular complexity index is 373. The summed E-state index contributed by atoms with van der Waals surface area (Å²) in [4.78, 5) is 20.8. The van der Waals surface area contributed by atoms with Gasteiger partial charge >= 0.3 is 23.1 Å². The van der Waals surface area contributed by atoms with Gasteiger partial charge in [0.15, 0.2) is 0 Å². The third-order valence-corrected chi connectivity index (χ3v) is 1.68. The molecule has 0 spiro atoms. The first-order chi connectivity index (χ1) is 6.02. The fourth-order valence-electron chi connectivity index (χ4n) is 1.02. The molecular formula is C9H6MgO4. The van der Waals surface area contributed by atoms with Gasteiger partial charge in [-0.1, -0.05) is 12.1 Å². The van der Waals surface area contributed by atoms with Crippen molar-refractivity contribution in [2.45, 2.75) is 6.92 Å². The van der Waals surface area contributed by atoms with Gasteiger partial charge in [-0.15, -0.1) is 0 Å². The molecular weight excluding hydrogens is 196 g/mol. The maximum Gasteiger partial charge on any atom is 2.00 e. The molecule has 0 aromatic heterocycles. The van der Waals surface area contributed by atoms with Gasteiger partial charge in [0.05, 0.1) is 11.9 Å². The van der Waals surface area contributed by atoms with Crippen LogP contribution in [0.25, 0.3) is 0 Å². The summed E-state index contributed by atoms with van der Waals surface area (Å²) in [5, 5.41) is 20.8. The molecule has 0 amide bonds. The Morgan fingerprint density at radius 1 is 1.14 bits per heavy atom. The summed E-state index contributed by atoms with van der Waals surface area (Å²) in [5.74, 6) is -2.64. The molecule has 5 heteroatoms. The van der Waals surface area contributed by atoms with Crippen molar-refractivity contribution in [1.82, 2.24) is 0 Å². The number of rotatable bonds is 2. The molecule has 68 valence electrons. The molecule has 0 aliphatic heterocycles. The number of carboxylic acids is 2. The van der Waals surface area contributed by atoms with Crippen molar-refractivity contribution in [2.24, 2.45) is 0 Å². The third kappa shape index (κ3) is 2.71. The van der Waals surface area contributed by atoms with E-state index in [1.165, 1.54) is 25.1 Å². The maximum atomic E-state index is 10.4. The Hall–Kier alpha value is -1.07. The Morgan fingerprint density at radius 2 is 1.71 bits per heavy atom. The zero-order valence-corrected chi connectivity index (χ0v) is 8.99. The molecule has 14 heavy (non-hydrogen) atoms. The topological polar surface area (TPSA) is 80.3 Å². The van der Waals surface area contributed by atoms with Crippen LogP contribution in [-0.2, 0) is 0 Å². The van der Waals surface area contributed by atoms with E-state index in [0.29, 0.717) is 5.56 Å². The normalized spacial score (nSPS) is 8.93. The number of carboxylic acid groups (broad SMARTS) is 2. The van der Waals surface area contributed by atoms with Crippen LogP contribution in [0.1, 0.15) is 26.3 Å². The van der Waals surface area contributed by atoms with Crippen LogP contribution < -0.4 is 10.2 Å². The van der Waals surface area contributed by atoms with E-state index in [9.17, 15) is 19.8 Å². The van der Waals surface area contributed by atoms with Crippen molar-refractivity contribution in [1.29, 1.82) is 0 Å².